The first kappa shape index (κ1) is 26.2. The van der Waals surface area contributed by atoms with Crippen molar-refractivity contribution in [1.82, 2.24) is 0 Å². The number of aliphatic carboxylic acids is 1. The van der Waals surface area contributed by atoms with Crippen LogP contribution in [-0.4, -0.2) is 39.5 Å². The molecule has 0 spiro atoms. The summed E-state index contributed by atoms with van der Waals surface area (Å²) >= 11 is 0. The predicted octanol–water partition coefficient (Wildman–Crippen LogP) is 5.82. The number of unbranched alkanes of at least 4 members (excludes halogenated alkanes) is 1. The number of rotatable bonds is 10. The number of aliphatic hydroxyl groups is 2. The fourth-order valence-electron chi connectivity index (χ4n) is 5.04. The van der Waals surface area contributed by atoms with Gasteiger partial charge in [-0.25, -0.2) is 4.79 Å². The van der Waals surface area contributed by atoms with Crippen molar-refractivity contribution in [1.29, 1.82) is 0 Å². The summed E-state index contributed by atoms with van der Waals surface area (Å²) in [7, 11) is 0. The summed E-state index contributed by atoms with van der Waals surface area (Å²) < 4.78 is 5.74. The Morgan fingerprint density at radius 2 is 1.49 bits per heavy atom. The van der Waals surface area contributed by atoms with E-state index in [-0.39, 0.29) is 18.6 Å². The van der Waals surface area contributed by atoms with Crippen molar-refractivity contribution < 1.29 is 29.6 Å². The zero-order valence-corrected chi connectivity index (χ0v) is 20.6. The average Bonchev–Trinajstić information content (AvgIpc) is 3.21. The minimum absolute atomic E-state index is 0.0342. The summed E-state index contributed by atoms with van der Waals surface area (Å²) in [5.41, 5.74) is 3.53. The molecule has 0 aliphatic heterocycles. The molecule has 1 aliphatic rings. The van der Waals surface area contributed by atoms with Crippen LogP contribution >= 0.6 is 0 Å². The molecule has 6 nitrogen and oxygen atoms in total. The summed E-state index contributed by atoms with van der Waals surface area (Å²) in [6.07, 6.45) is 1.79. The number of hydrogen-bond acceptors (Lipinski definition) is 5. The molecule has 0 radical (unpaired) electrons. The van der Waals surface area contributed by atoms with Crippen LogP contribution < -0.4 is 0 Å². The second kappa shape index (κ2) is 12.4. The standard InChI is InChI=1S/C31H32O6/c32-26(14-8-7-11-21-9-3-1-4-10-21)30-25(19-29(34)35)27(33)20-28(30)37-31(36)24-17-15-23(16-18-24)22-12-5-2-6-13-22/h1-6,9-10,12-18,25,27-28,30,32-33H,7-8,11,19-20H2,(H,34,35)/t25-,27-,28+,30-/m0/s1. The van der Waals surface area contributed by atoms with Crippen molar-refractivity contribution in [3.8, 4) is 11.1 Å². The van der Waals surface area contributed by atoms with Gasteiger partial charge >= 0.3 is 11.9 Å². The molecule has 192 valence electrons. The van der Waals surface area contributed by atoms with Gasteiger partial charge in [-0.3, -0.25) is 4.79 Å². The van der Waals surface area contributed by atoms with Crippen LogP contribution in [0.1, 0.15) is 41.6 Å². The van der Waals surface area contributed by atoms with E-state index in [1.165, 1.54) is 5.56 Å². The highest BCUT2D eigenvalue weighted by atomic mass is 16.5. The number of allylic oxidation sites excluding steroid dienone is 1. The molecule has 0 unspecified atom stereocenters. The molecule has 3 aromatic rings. The van der Waals surface area contributed by atoms with Gasteiger partial charge in [0.1, 0.15) is 6.10 Å². The largest absolute Gasteiger partial charge is 0.512 e. The smallest absolute Gasteiger partial charge is 0.338 e. The zero-order chi connectivity index (χ0) is 26.2. The number of benzene rings is 3. The van der Waals surface area contributed by atoms with Crippen molar-refractivity contribution in [2.75, 3.05) is 0 Å². The molecule has 3 aromatic carbocycles. The van der Waals surface area contributed by atoms with Gasteiger partial charge in [-0.2, -0.15) is 0 Å². The topological polar surface area (TPSA) is 104 Å². The molecule has 4 atom stereocenters. The quantitative estimate of drug-likeness (QED) is 0.184. The predicted molar refractivity (Wildman–Crippen MR) is 141 cm³/mol. The van der Waals surface area contributed by atoms with Crippen LogP contribution in [0.15, 0.2) is 96.8 Å². The second-order valence-electron chi connectivity index (χ2n) is 9.48. The number of carbonyl (C=O) groups excluding carboxylic acids is 1. The summed E-state index contributed by atoms with van der Waals surface area (Å²) in [4.78, 5) is 24.4. The van der Waals surface area contributed by atoms with Crippen molar-refractivity contribution in [3.63, 3.8) is 0 Å². The molecule has 3 N–H and O–H groups in total. The average molecular weight is 501 g/mol. The van der Waals surface area contributed by atoms with Crippen LogP contribution in [-0.2, 0) is 16.0 Å². The molecule has 37 heavy (non-hydrogen) atoms. The Kier molecular flexibility index (Phi) is 8.75. The molecule has 1 aliphatic carbocycles. The SMILES string of the molecule is O=C(O)C[C@@H]1[C@@H](C(O)=CCCCc2ccccc2)[C@H](OC(=O)c2ccc(-c3ccccc3)cc2)C[C@@H]1O. The number of aryl methyl sites for hydroxylation is 1. The Morgan fingerprint density at radius 3 is 2.14 bits per heavy atom. The lowest BCUT2D eigenvalue weighted by molar-refractivity contribution is -0.139. The van der Waals surface area contributed by atoms with Crippen LogP contribution in [0.3, 0.4) is 0 Å². The minimum Gasteiger partial charge on any atom is -0.512 e. The molecular formula is C31H32O6. The van der Waals surface area contributed by atoms with E-state index in [1.54, 1.807) is 18.2 Å². The van der Waals surface area contributed by atoms with Gasteiger partial charge in [-0.1, -0.05) is 72.8 Å². The fourth-order valence-corrected chi connectivity index (χ4v) is 5.04. The lowest BCUT2D eigenvalue weighted by Crippen LogP contribution is -2.29. The Morgan fingerprint density at radius 1 is 0.865 bits per heavy atom. The van der Waals surface area contributed by atoms with Crippen molar-refractivity contribution in [2.45, 2.75) is 44.3 Å². The van der Waals surface area contributed by atoms with Crippen molar-refractivity contribution in [2.24, 2.45) is 11.8 Å². The van der Waals surface area contributed by atoms with Gasteiger partial charge in [0.05, 0.1) is 29.8 Å². The fraction of sp³-hybridized carbons (Fsp3) is 0.290. The highest BCUT2D eigenvalue weighted by molar-refractivity contribution is 5.90. The monoisotopic (exact) mass is 500 g/mol. The van der Waals surface area contributed by atoms with E-state index in [2.05, 4.69) is 0 Å². The van der Waals surface area contributed by atoms with Gasteiger partial charge in [0.25, 0.3) is 0 Å². The molecule has 6 heteroatoms. The third kappa shape index (κ3) is 6.86. The molecular weight excluding hydrogens is 468 g/mol. The molecule has 0 bridgehead atoms. The summed E-state index contributed by atoms with van der Waals surface area (Å²) in [5.74, 6) is -3.21. The molecule has 1 fully saturated rings. The Hall–Kier alpha value is -3.90. The number of esters is 1. The molecule has 0 heterocycles. The number of ether oxygens (including phenoxy) is 1. The van der Waals surface area contributed by atoms with E-state index in [1.807, 2.05) is 72.8 Å². The van der Waals surface area contributed by atoms with E-state index in [0.717, 1.165) is 24.0 Å². The van der Waals surface area contributed by atoms with Crippen molar-refractivity contribution in [3.05, 3.63) is 108 Å². The summed E-state index contributed by atoms with van der Waals surface area (Å²) in [5, 5.41) is 30.9. The maximum atomic E-state index is 12.9. The number of carbonyl (C=O) groups is 2. The van der Waals surface area contributed by atoms with Gasteiger partial charge in [0.2, 0.25) is 0 Å². The maximum absolute atomic E-state index is 12.9. The highest BCUT2D eigenvalue weighted by Crippen LogP contribution is 2.41. The Labute approximate surface area is 216 Å². The van der Waals surface area contributed by atoms with Crippen LogP contribution in [0.4, 0.5) is 0 Å². The third-order valence-electron chi connectivity index (χ3n) is 6.93. The summed E-state index contributed by atoms with van der Waals surface area (Å²) in [6, 6.07) is 26.8. The molecule has 0 aromatic heterocycles. The lowest BCUT2D eigenvalue weighted by Gasteiger charge is -2.24. The number of carboxylic acid groups (broad SMARTS) is 1. The minimum atomic E-state index is -1.07. The number of hydrogen-bond donors (Lipinski definition) is 3. The third-order valence-corrected chi connectivity index (χ3v) is 6.93. The second-order valence-corrected chi connectivity index (χ2v) is 9.48. The van der Waals surface area contributed by atoms with Gasteiger partial charge in [-0.15, -0.1) is 0 Å². The van der Waals surface area contributed by atoms with Crippen LogP contribution in [0.5, 0.6) is 0 Å². The van der Waals surface area contributed by atoms with Crippen LogP contribution in [0, 0.1) is 11.8 Å². The number of carboxylic acids is 1. The normalized spacial score (nSPS) is 21.5. The van der Waals surface area contributed by atoms with Crippen LogP contribution in [0.2, 0.25) is 0 Å². The van der Waals surface area contributed by atoms with Gasteiger partial charge < -0.3 is 20.1 Å². The zero-order valence-electron chi connectivity index (χ0n) is 20.6. The Balaban J connectivity index is 1.45. The maximum Gasteiger partial charge on any atom is 0.338 e. The van der Waals surface area contributed by atoms with E-state index in [9.17, 15) is 24.9 Å². The van der Waals surface area contributed by atoms with Gasteiger partial charge in [0, 0.05) is 12.3 Å². The van der Waals surface area contributed by atoms with Gasteiger partial charge in [0.15, 0.2) is 0 Å². The van der Waals surface area contributed by atoms with E-state index in [0.29, 0.717) is 12.0 Å². The highest BCUT2D eigenvalue weighted by Gasteiger charge is 2.47. The first-order valence-electron chi connectivity index (χ1n) is 12.6. The van der Waals surface area contributed by atoms with Gasteiger partial charge in [-0.05, 0) is 54.2 Å². The molecule has 0 amide bonds. The van der Waals surface area contributed by atoms with Crippen LogP contribution in [0.25, 0.3) is 11.1 Å². The van der Waals surface area contributed by atoms with E-state index < -0.39 is 36.0 Å². The summed E-state index contributed by atoms with van der Waals surface area (Å²) in [6.45, 7) is 0. The first-order valence-corrected chi connectivity index (χ1v) is 12.6. The van der Waals surface area contributed by atoms with E-state index in [4.69, 9.17) is 4.74 Å². The molecule has 4 rings (SSSR count). The lowest BCUT2D eigenvalue weighted by atomic mass is 9.88. The van der Waals surface area contributed by atoms with E-state index >= 15 is 0 Å². The first-order chi connectivity index (χ1) is 17.9. The number of aliphatic hydroxyl groups excluding tert-OH is 2. The van der Waals surface area contributed by atoms with Crippen molar-refractivity contribution >= 4 is 11.9 Å². The molecule has 0 saturated heterocycles. The molecule has 1 saturated carbocycles. The Bertz CT molecular complexity index is 1200.